The Kier molecular flexibility index (Phi) is 13.2. The van der Waals surface area contributed by atoms with Crippen LogP contribution >= 0.6 is 0 Å². The molecule has 0 aliphatic rings. The zero-order valence-electron chi connectivity index (χ0n) is 10.6. The second-order valence-corrected chi connectivity index (χ2v) is 5.02. The van der Waals surface area contributed by atoms with Crippen molar-refractivity contribution in [3.63, 3.8) is 0 Å². The maximum Gasteiger partial charge on any atom is 0.231 e. The molecule has 98 valence electrons. The quantitative estimate of drug-likeness (QED) is 0.538. The van der Waals surface area contributed by atoms with Crippen LogP contribution in [-0.4, -0.2) is 10.8 Å². The van der Waals surface area contributed by atoms with Gasteiger partial charge < -0.3 is 0 Å². The topological polar surface area (TPSA) is 52.3 Å². The summed E-state index contributed by atoms with van der Waals surface area (Å²) in [6, 6.07) is 0. The lowest BCUT2D eigenvalue weighted by Crippen LogP contribution is -2.07. The van der Waals surface area contributed by atoms with Crippen LogP contribution in [0.4, 0.5) is 0 Å². The maximum atomic E-state index is 10.4. The molecule has 3 nitrogen and oxygen atoms in total. The molecule has 0 amide bonds. The van der Waals surface area contributed by atoms with E-state index >= 15 is 0 Å². The largest absolute Gasteiger partial charge is 0.278 e. The van der Waals surface area contributed by atoms with E-state index in [2.05, 4.69) is 6.92 Å². The number of hydrogen-bond donors (Lipinski definition) is 1. The first kappa shape index (κ1) is 16.1. The average Bonchev–Trinajstić information content (AvgIpc) is 2.25. The molecule has 2 N–H and O–H groups in total. The first-order valence-corrected chi connectivity index (χ1v) is 7.70. The average molecular weight is 249 g/mol. The molecule has 1 atom stereocenters. The molecule has 0 radical (unpaired) electrons. The Morgan fingerprint density at radius 3 is 1.75 bits per heavy atom. The minimum absolute atomic E-state index is 0.527. The minimum Gasteiger partial charge on any atom is -0.278 e. The van der Waals surface area contributed by atoms with Crippen LogP contribution in [0.3, 0.4) is 0 Å². The maximum absolute atomic E-state index is 10.4. The fourth-order valence-corrected chi connectivity index (χ4v) is 2.01. The molecule has 4 heteroatoms. The summed E-state index contributed by atoms with van der Waals surface area (Å²) in [7, 11) is 0. The Morgan fingerprint density at radius 2 is 1.31 bits per heavy atom. The molecule has 0 aromatic heterocycles. The van der Waals surface area contributed by atoms with E-state index in [0.29, 0.717) is 6.61 Å². The molecule has 1 unspecified atom stereocenters. The van der Waals surface area contributed by atoms with E-state index in [0.717, 1.165) is 12.8 Å². The molecule has 0 aliphatic carbocycles. The molecule has 0 fully saturated rings. The SMILES string of the molecule is CCCCCCCCCCCCOS(N)=O. The number of unbranched alkanes of at least 4 members (excludes halogenated alkanes) is 9. The van der Waals surface area contributed by atoms with Crippen LogP contribution < -0.4 is 5.14 Å². The number of rotatable bonds is 12. The van der Waals surface area contributed by atoms with E-state index in [1.165, 1.54) is 51.4 Å². The van der Waals surface area contributed by atoms with Crippen LogP contribution in [0.1, 0.15) is 71.1 Å². The van der Waals surface area contributed by atoms with Gasteiger partial charge in [0.25, 0.3) is 0 Å². The molecule has 0 aromatic rings. The molecule has 0 bridgehead atoms. The van der Waals surface area contributed by atoms with E-state index in [1.54, 1.807) is 0 Å². The van der Waals surface area contributed by atoms with Crippen LogP contribution in [0.2, 0.25) is 0 Å². The van der Waals surface area contributed by atoms with Crippen LogP contribution in [0.25, 0.3) is 0 Å². The monoisotopic (exact) mass is 249 g/mol. The molecule has 0 saturated carbocycles. The third kappa shape index (κ3) is 14.1. The van der Waals surface area contributed by atoms with Crippen molar-refractivity contribution < 1.29 is 8.39 Å². The summed E-state index contributed by atoms with van der Waals surface area (Å²) in [6.07, 6.45) is 12.9. The van der Waals surface area contributed by atoms with Gasteiger partial charge in [-0.05, 0) is 6.42 Å². The van der Waals surface area contributed by atoms with Gasteiger partial charge in [0, 0.05) is 0 Å². The predicted molar refractivity (Wildman–Crippen MR) is 70.1 cm³/mol. The van der Waals surface area contributed by atoms with Gasteiger partial charge in [0.15, 0.2) is 0 Å². The van der Waals surface area contributed by atoms with Crippen molar-refractivity contribution >= 4 is 11.3 Å². The van der Waals surface area contributed by atoms with E-state index < -0.39 is 11.3 Å². The van der Waals surface area contributed by atoms with Gasteiger partial charge in [-0.3, -0.25) is 4.18 Å². The lowest BCUT2D eigenvalue weighted by molar-refractivity contribution is 0.332. The van der Waals surface area contributed by atoms with Gasteiger partial charge in [-0.15, -0.1) is 0 Å². The molecule has 0 heterocycles. The fourth-order valence-electron chi connectivity index (χ4n) is 1.73. The lowest BCUT2D eigenvalue weighted by atomic mass is 10.1. The highest BCUT2D eigenvalue weighted by Crippen LogP contribution is 2.10. The van der Waals surface area contributed by atoms with Crippen LogP contribution in [0.5, 0.6) is 0 Å². The summed E-state index contributed by atoms with van der Waals surface area (Å²) in [5.74, 6) is 0. The second kappa shape index (κ2) is 13.1. The van der Waals surface area contributed by atoms with Gasteiger partial charge in [0.1, 0.15) is 0 Å². The van der Waals surface area contributed by atoms with Gasteiger partial charge >= 0.3 is 0 Å². The van der Waals surface area contributed by atoms with Crippen LogP contribution in [0.15, 0.2) is 0 Å². The Balaban J connectivity index is 2.90. The normalized spacial score (nSPS) is 12.9. The summed E-state index contributed by atoms with van der Waals surface area (Å²) in [4.78, 5) is 0. The van der Waals surface area contributed by atoms with Crippen molar-refractivity contribution in [2.75, 3.05) is 6.61 Å². The summed E-state index contributed by atoms with van der Waals surface area (Å²) in [5, 5.41) is 4.96. The third-order valence-electron chi connectivity index (χ3n) is 2.70. The Hall–Kier alpha value is 0.0700. The standard InChI is InChI=1S/C12H27NO2S/c1-2-3-4-5-6-7-8-9-10-11-12-15-16(13)14/h2-13H2,1H3. The molecule has 16 heavy (non-hydrogen) atoms. The highest BCUT2D eigenvalue weighted by atomic mass is 32.2. The Labute approximate surface area is 103 Å². The van der Waals surface area contributed by atoms with Crippen molar-refractivity contribution in [2.45, 2.75) is 71.1 Å². The molecule has 0 saturated heterocycles. The zero-order chi connectivity index (χ0) is 12.1. The van der Waals surface area contributed by atoms with Gasteiger partial charge in [0.05, 0.1) is 6.61 Å². The summed E-state index contributed by atoms with van der Waals surface area (Å²) < 4.78 is 15.1. The molecular formula is C12H27NO2S. The van der Waals surface area contributed by atoms with Gasteiger partial charge in [-0.2, -0.15) is 0 Å². The zero-order valence-corrected chi connectivity index (χ0v) is 11.4. The summed E-state index contributed by atoms with van der Waals surface area (Å²) in [6.45, 7) is 2.77. The molecule has 0 spiro atoms. The number of hydrogen-bond acceptors (Lipinski definition) is 2. The van der Waals surface area contributed by atoms with Gasteiger partial charge in [0.2, 0.25) is 11.3 Å². The van der Waals surface area contributed by atoms with E-state index in [1.807, 2.05) is 0 Å². The third-order valence-corrected chi connectivity index (χ3v) is 3.10. The fraction of sp³-hybridized carbons (Fsp3) is 1.00. The highest BCUT2D eigenvalue weighted by Gasteiger charge is 1.94. The van der Waals surface area contributed by atoms with E-state index in [-0.39, 0.29) is 0 Å². The van der Waals surface area contributed by atoms with E-state index in [4.69, 9.17) is 9.32 Å². The van der Waals surface area contributed by atoms with Gasteiger partial charge in [-0.1, -0.05) is 64.7 Å². The lowest BCUT2D eigenvalue weighted by Gasteiger charge is -2.02. The van der Waals surface area contributed by atoms with E-state index in [9.17, 15) is 4.21 Å². The molecule has 0 rings (SSSR count). The Morgan fingerprint density at radius 1 is 0.875 bits per heavy atom. The summed E-state index contributed by atoms with van der Waals surface area (Å²) in [5.41, 5.74) is 0. The van der Waals surface area contributed by atoms with Gasteiger partial charge in [-0.25, -0.2) is 9.35 Å². The molecule has 0 aromatic carbocycles. The van der Waals surface area contributed by atoms with Crippen molar-refractivity contribution in [3.8, 4) is 0 Å². The first-order valence-electron chi connectivity index (χ1n) is 6.56. The van der Waals surface area contributed by atoms with Crippen molar-refractivity contribution in [1.29, 1.82) is 0 Å². The minimum atomic E-state index is -1.58. The number of nitrogens with two attached hydrogens (primary N) is 1. The smallest absolute Gasteiger partial charge is 0.231 e. The van der Waals surface area contributed by atoms with Crippen LogP contribution in [-0.2, 0) is 15.4 Å². The molecule has 0 aliphatic heterocycles. The predicted octanol–water partition coefficient (Wildman–Crippen LogP) is 3.46. The van der Waals surface area contributed by atoms with Crippen molar-refractivity contribution in [3.05, 3.63) is 0 Å². The van der Waals surface area contributed by atoms with Crippen molar-refractivity contribution in [1.82, 2.24) is 0 Å². The second-order valence-electron chi connectivity index (χ2n) is 4.26. The summed E-state index contributed by atoms with van der Waals surface area (Å²) >= 11 is -1.58. The van der Waals surface area contributed by atoms with Crippen molar-refractivity contribution in [2.24, 2.45) is 5.14 Å². The van der Waals surface area contributed by atoms with Crippen LogP contribution in [0, 0.1) is 0 Å². The highest BCUT2D eigenvalue weighted by molar-refractivity contribution is 7.77. The Bertz CT molecular complexity index is 165. The molecular weight excluding hydrogens is 222 g/mol. The first-order chi connectivity index (χ1) is 7.77.